The van der Waals surface area contributed by atoms with Gasteiger partial charge in [-0.2, -0.15) is 0 Å². The van der Waals surface area contributed by atoms with Crippen LogP contribution in [0.3, 0.4) is 0 Å². The monoisotopic (exact) mass is 352 g/mol. The normalized spacial score (nSPS) is 11.4. The van der Waals surface area contributed by atoms with Gasteiger partial charge >= 0.3 is 0 Å². The minimum absolute atomic E-state index is 0.399. The van der Waals surface area contributed by atoms with E-state index in [-0.39, 0.29) is 0 Å². The molecule has 6 heteroatoms. The topological polar surface area (TPSA) is 62.4 Å². The third-order valence-electron chi connectivity index (χ3n) is 3.40. The molecule has 2 N–H and O–H groups in total. The lowest BCUT2D eigenvalue weighted by atomic mass is 10.3. The van der Waals surface area contributed by atoms with E-state index in [1.807, 2.05) is 74.5 Å². The van der Waals surface area contributed by atoms with Crippen LogP contribution in [0.2, 0.25) is 0 Å². The molecule has 0 aliphatic rings. The first-order valence-electron chi connectivity index (χ1n) is 8.04. The molecule has 0 radical (unpaired) electrons. The van der Waals surface area contributed by atoms with Crippen LogP contribution in [-0.4, -0.2) is 16.5 Å². The number of anilines is 1. The number of rotatable bonds is 4. The highest BCUT2D eigenvalue weighted by atomic mass is 32.1. The first-order valence-corrected chi connectivity index (χ1v) is 8.81. The molecule has 0 unspecified atom stereocenters. The van der Waals surface area contributed by atoms with Gasteiger partial charge in [-0.1, -0.05) is 29.7 Å². The summed E-state index contributed by atoms with van der Waals surface area (Å²) in [4.78, 5) is 5.76. The molecule has 0 fully saturated rings. The molecular weight excluding hydrogens is 332 g/mol. The van der Waals surface area contributed by atoms with Crippen molar-refractivity contribution in [3.05, 3.63) is 71.0 Å². The number of benzene rings is 2. The van der Waals surface area contributed by atoms with Crippen LogP contribution in [0.15, 0.2) is 65.7 Å². The van der Waals surface area contributed by atoms with E-state index in [2.05, 4.69) is 5.32 Å². The van der Waals surface area contributed by atoms with E-state index in [1.54, 1.807) is 3.96 Å². The van der Waals surface area contributed by atoms with Crippen LogP contribution in [0, 0.1) is 12.3 Å². The SMILES string of the molecule is CCOc1ccc(N=C(Nc2ccccc2)n2sc(C)cc2=N)cc1. The van der Waals surface area contributed by atoms with Crippen LogP contribution in [0.4, 0.5) is 11.4 Å². The quantitative estimate of drug-likeness (QED) is 0.540. The summed E-state index contributed by atoms with van der Waals surface area (Å²) in [5, 5.41) is 11.5. The third-order valence-corrected chi connectivity index (χ3v) is 4.36. The standard InChI is InChI=1S/C19H20N4OS/c1-3-24-17-11-9-16(10-12-17)22-19(21-15-7-5-4-6-8-15)23-18(20)13-14(2)25-23/h4-13,20H,3H2,1-2H3,(H,21,22). The maximum Gasteiger partial charge on any atom is 0.223 e. The van der Waals surface area contributed by atoms with Crippen LogP contribution in [0.1, 0.15) is 11.8 Å². The van der Waals surface area contributed by atoms with E-state index >= 15 is 0 Å². The van der Waals surface area contributed by atoms with Crippen LogP contribution in [-0.2, 0) is 0 Å². The highest BCUT2D eigenvalue weighted by Gasteiger charge is 2.08. The average Bonchev–Trinajstić information content (AvgIpc) is 2.95. The van der Waals surface area contributed by atoms with Crippen molar-refractivity contribution in [2.75, 3.05) is 11.9 Å². The zero-order valence-corrected chi connectivity index (χ0v) is 15.0. The molecule has 1 aromatic heterocycles. The molecule has 2 aromatic carbocycles. The Morgan fingerprint density at radius 3 is 2.48 bits per heavy atom. The number of nitrogens with one attached hydrogen (secondary N) is 2. The van der Waals surface area contributed by atoms with Crippen molar-refractivity contribution >= 4 is 28.9 Å². The molecule has 25 heavy (non-hydrogen) atoms. The number of aromatic nitrogens is 1. The number of nitrogens with zero attached hydrogens (tertiary/aromatic N) is 2. The first-order chi connectivity index (χ1) is 12.2. The number of aliphatic imine (C=N–C) groups is 1. The van der Waals surface area contributed by atoms with E-state index in [4.69, 9.17) is 15.1 Å². The van der Waals surface area contributed by atoms with Gasteiger partial charge in [-0.05, 0) is 56.3 Å². The molecule has 0 bridgehead atoms. The van der Waals surface area contributed by atoms with E-state index in [9.17, 15) is 0 Å². The lowest BCUT2D eigenvalue weighted by molar-refractivity contribution is 0.340. The molecule has 0 atom stereocenters. The second kappa shape index (κ2) is 7.81. The molecular formula is C19H20N4OS. The largest absolute Gasteiger partial charge is 0.494 e. The second-order valence-corrected chi connectivity index (χ2v) is 6.57. The maximum atomic E-state index is 8.18. The number of ether oxygens (including phenoxy) is 1. The predicted molar refractivity (Wildman–Crippen MR) is 103 cm³/mol. The molecule has 3 rings (SSSR count). The van der Waals surface area contributed by atoms with Gasteiger partial charge in [-0.3, -0.25) is 5.41 Å². The number of hydrogen-bond donors (Lipinski definition) is 2. The van der Waals surface area contributed by atoms with Gasteiger partial charge in [0.2, 0.25) is 5.96 Å². The van der Waals surface area contributed by atoms with E-state index in [1.165, 1.54) is 11.5 Å². The summed E-state index contributed by atoms with van der Waals surface area (Å²) in [5.41, 5.74) is 2.11. The minimum Gasteiger partial charge on any atom is -0.494 e. The smallest absolute Gasteiger partial charge is 0.223 e. The van der Waals surface area contributed by atoms with Gasteiger partial charge in [0, 0.05) is 10.6 Å². The number of aryl methyl sites for hydroxylation is 1. The zero-order chi connectivity index (χ0) is 17.6. The maximum absolute atomic E-state index is 8.18. The fraction of sp³-hybridized carbons (Fsp3) is 0.158. The van der Waals surface area contributed by atoms with E-state index in [0.717, 1.165) is 22.0 Å². The summed E-state index contributed by atoms with van der Waals surface area (Å²) in [6, 6.07) is 19.3. The molecule has 0 spiro atoms. The van der Waals surface area contributed by atoms with Gasteiger partial charge < -0.3 is 10.1 Å². The van der Waals surface area contributed by atoms with Gasteiger partial charge in [0.05, 0.1) is 12.3 Å². The van der Waals surface area contributed by atoms with Crippen LogP contribution >= 0.6 is 11.5 Å². The average molecular weight is 352 g/mol. The van der Waals surface area contributed by atoms with Crippen LogP contribution in [0.5, 0.6) is 5.75 Å². The van der Waals surface area contributed by atoms with Crippen molar-refractivity contribution in [2.45, 2.75) is 13.8 Å². The van der Waals surface area contributed by atoms with Crippen molar-refractivity contribution in [1.82, 2.24) is 3.96 Å². The Hall–Kier alpha value is -2.86. The van der Waals surface area contributed by atoms with Gasteiger partial charge in [-0.25, -0.2) is 8.95 Å². The second-order valence-electron chi connectivity index (χ2n) is 5.38. The Morgan fingerprint density at radius 1 is 1.16 bits per heavy atom. The van der Waals surface area contributed by atoms with Crippen LogP contribution < -0.4 is 15.5 Å². The molecule has 0 saturated carbocycles. The summed E-state index contributed by atoms with van der Waals surface area (Å²) < 4.78 is 7.25. The lowest BCUT2D eigenvalue weighted by Gasteiger charge is -2.10. The van der Waals surface area contributed by atoms with Crippen molar-refractivity contribution < 1.29 is 4.74 Å². The first kappa shape index (κ1) is 17.0. The number of para-hydroxylation sites is 1. The molecule has 5 nitrogen and oxygen atoms in total. The van der Waals surface area contributed by atoms with Gasteiger partial charge in [0.1, 0.15) is 11.2 Å². The zero-order valence-electron chi connectivity index (χ0n) is 14.2. The highest BCUT2D eigenvalue weighted by Crippen LogP contribution is 2.19. The van der Waals surface area contributed by atoms with Crippen molar-refractivity contribution in [3.8, 4) is 5.75 Å². The molecule has 0 aliphatic heterocycles. The highest BCUT2D eigenvalue weighted by molar-refractivity contribution is 7.07. The van der Waals surface area contributed by atoms with E-state index < -0.39 is 0 Å². The third kappa shape index (κ3) is 4.36. The molecule has 0 amide bonds. The van der Waals surface area contributed by atoms with Gasteiger partial charge in [0.15, 0.2) is 0 Å². The van der Waals surface area contributed by atoms with Crippen LogP contribution in [0.25, 0.3) is 0 Å². The molecule has 1 heterocycles. The Bertz CT molecular complexity index is 911. The number of hydrogen-bond acceptors (Lipinski definition) is 4. The lowest BCUT2D eigenvalue weighted by Crippen LogP contribution is -2.28. The van der Waals surface area contributed by atoms with Crippen molar-refractivity contribution in [1.29, 1.82) is 5.41 Å². The molecule has 0 saturated heterocycles. The van der Waals surface area contributed by atoms with Gasteiger partial charge in [-0.15, -0.1) is 0 Å². The molecule has 3 aromatic rings. The predicted octanol–water partition coefficient (Wildman–Crippen LogP) is 4.38. The fourth-order valence-corrected chi connectivity index (χ4v) is 3.08. The van der Waals surface area contributed by atoms with E-state index in [0.29, 0.717) is 18.1 Å². The fourth-order valence-electron chi connectivity index (χ4n) is 2.31. The van der Waals surface area contributed by atoms with Crippen molar-refractivity contribution in [3.63, 3.8) is 0 Å². The summed E-state index contributed by atoms with van der Waals surface area (Å²) >= 11 is 1.48. The summed E-state index contributed by atoms with van der Waals surface area (Å²) in [6.45, 7) is 4.58. The summed E-state index contributed by atoms with van der Waals surface area (Å²) in [7, 11) is 0. The Morgan fingerprint density at radius 2 is 1.88 bits per heavy atom. The Balaban J connectivity index is 1.98. The van der Waals surface area contributed by atoms with Gasteiger partial charge in [0.25, 0.3) is 0 Å². The molecule has 0 aliphatic carbocycles. The summed E-state index contributed by atoms with van der Waals surface area (Å²) in [5.74, 6) is 1.42. The minimum atomic E-state index is 0.399. The summed E-state index contributed by atoms with van der Waals surface area (Å²) in [6.07, 6.45) is 0. The Labute approximate surface area is 150 Å². The Kier molecular flexibility index (Phi) is 5.30. The van der Waals surface area contributed by atoms with Crippen molar-refractivity contribution in [2.24, 2.45) is 4.99 Å². The molecule has 128 valence electrons.